The number of rotatable bonds is 7. The fourth-order valence-electron chi connectivity index (χ4n) is 6.24. The summed E-state index contributed by atoms with van der Waals surface area (Å²) < 4.78 is 42.1. The van der Waals surface area contributed by atoms with Crippen LogP contribution in [0.1, 0.15) is 71.7 Å². The number of carbonyl (C=O) groups is 1. The molecule has 4 aromatic rings. The molecular formula is C29H27F2N3O4S. The van der Waals surface area contributed by atoms with E-state index in [9.17, 15) is 18.7 Å². The van der Waals surface area contributed by atoms with Crippen molar-refractivity contribution in [1.29, 1.82) is 0 Å². The number of carboxylic acid groups (broad SMARTS) is 1. The quantitative estimate of drug-likeness (QED) is 0.269. The van der Waals surface area contributed by atoms with E-state index >= 15 is 0 Å². The van der Waals surface area contributed by atoms with Gasteiger partial charge in [0.1, 0.15) is 23.1 Å². The van der Waals surface area contributed by atoms with Gasteiger partial charge in [0.2, 0.25) is 0 Å². The molecule has 2 bridgehead atoms. The summed E-state index contributed by atoms with van der Waals surface area (Å²) >= 11 is 1.54. The van der Waals surface area contributed by atoms with E-state index in [0.717, 1.165) is 59.4 Å². The van der Waals surface area contributed by atoms with Gasteiger partial charge in [0, 0.05) is 23.6 Å². The molecule has 10 heteroatoms. The van der Waals surface area contributed by atoms with Crippen molar-refractivity contribution in [1.82, 2.24) is 10.1 Å². The van der Waals surface area contributed by atoms with Crippen molar-refractivity contribution in [3.8, 4) is 11.3 Å². The zero-order chi connectivity index (χ0) is 26.8. The number of nitrogens with zero attached hydrogens (tertiary/aromatic N) is 3. The number of ether oxygens (including phenoxy) is 1. The van der Waals surface area contributed by atoms with Crippen LogP contribution in [0.5, 0.6) is 0 Å². The number of thiazole rings is 1. The molecule has 2 aromatic heterocycles. The minimum absolute atomic E-state index is 0.00579. The number of aromatic carboxylic acids is 1. The minimum Gasteiger partial charge on any atom is -0.478 e. The van der Waals surface area contributed by atoms with Crippen LogP contribution in [0.25, 0.3) is 21.5 Å². The third-order valence-corrected chi connectivity index (χ3v) is 9.28. The van der Waals surface area contributed by atoms with Crippen LogP contribution in [-0.2, 0) is 11.3 Å². The monoisotopic (exact) mass is 551 g/mol. The SMILES string of the molecule is Cc1cc(C(=O)O)cc2sc(N3C4CC[C@H]3CC(OCc3c(-c5c(F)cccc5F)noc3C3CC3)C4)nc12. The van der Waals surface area contributed by atoms with E-state index in [2.05, 4.69) is 10.1 Å². The van der Waals surface area contributed by atoms with Crippen LogP contribution < -0.4 is 4.90 Å². The maximum absolute atomic E-state index is 14.6. The van der Waals surface area contributed by atoms with Crippen LogP contribution in [0.3, 0.4) is 0 Å². The topological polar surface area (TPSA) is 88.7 Å². The normalized spacial score (nSPS) is 22.6. The van der Waals surface area contributed by atoms with Gasteiger partial charge in [-0.1, -0.05) is 22.6 Å². The molecule has 1 aliphatic carbocycles. The van der Waals surface area contributed by atoms with Crippen LogP contribution in [0.15, 0.2) is 34.9 Å². The largest absolute Gasteiger partial charge is 0.478 e. The van der Waals surface area contributed by atoms with E-state index in [1.807, 2.05) is 6.92 Å². The molecule has 0 radical (unpaired) electrons. The molecule has 2 saturated heterocycles. The lowest BCUT2D eigenvalue weighted by Gasteiger charge is -2.38. The van der Waals surface area contributed by atoms with Crippen LogP contribution in [-0.4, -0.2) is 39.4 Å². The number of piperidine rings is 1. The van der Waals surface area contributed by atoms with Crippen molar-refractivity contribution in [3.05, 3.63) is 64.4 Å². The van der Waals surface area contributed by atoms with Crippen LogP contribution >= 0.6 is 11.3 Å². The van der Waals surface area contributed by atoms with E-state index in [-0.39, 0.29) is 47.5 Å². The third-order valence-electron chi connectivity index (χ3n) is 8.26. The standard InChI is InChI=1S/C29H27F2N3O4S/c1-14-9-16(28(35)36)10-23-25(14)32-29(39-23)34-17-7-8-18(34)12-19(11-17)37-13-20-26(33-38-27(20)15-5-6-15)24-21(30)3-2-4-22(24)31/h2-4,9-10,15,17-19H,5-8,11-13H2,1H3,(H,35,36)/t17-,18?,19?/m0/s1. The second-order valence-electron chi connectivity index (χ2n) is 10.9. The Morgan fingerprint density at radius 3 is 2.54 bits per heavy atom. The number of hydrogen-bond donors (Lipinski definition) is 1. The number of halogens is 2. The fourth-order valence-corrected chi connectivity index (χ4v) is 7.47. The zero-order valence-electron chi connectivity index (χ0n) is 21.3. The molecule has 3 aliphatic rings. The molecule has 39 heavy (non-hydrogen) atoms. The van der Waals surface area contributed by atoms with Gasteiger partial charge in [-0.05, 0) is 75.3 Å². The summed E-state index contributed by atoms with van der Waals surface area (Å²) in [6.07, 6.45) is 5.64. The molecular weight excluding hydrogens is 524 g/mol. The van der Waals surface area contributed by atoms with E-state index in [1.54, 1.807) is 23.5 Å². The molecule has 3 atom stereocenters. The van der Waals surface area contributed by atoms with Crippen molar-refractivity contribution in [2.75, 3.05) is 4.90 Å². The van der Waals surface area contributed by atoms with Gasteiger partial charge in [-0.2, -0.15) is 0 Å². The molecule has 7 nitrogen and oxygen atoms in total. The summed E-state index contributed by atoms with van der Waals surface area (Å²) in [4.78, 5) is 18.8. The predicted molar refractivity (Wildman–Crippen MR) is 142 cm³/mol. The molecule has 2 unspecified atom stereocenters. The van der Waals surface area contributed by atoms with Gasteiger partial charge >= 0.3 is 5.97 Å². The van der Waals surface area contributed by atoms with Crippen LogP contribution in [0.4, 0.5) is 13.9 Å². The number of carboxylic acids is 1. The number of aromatic nitrogens is 2. The fraction of sp³-hybridized carbons (Fsp3) is 0.414. The first kappa shape index (κ1) is 24.7. The Labute approximate surface area is 227 Å². The van der Waals surface area contributed by atoms with Crippen LogP contribution in [0, 0.1) is 18.6 Å². The summed E-state index contributed by atoms with van der Waals surface area (Å²) in [7, 11) is 0. The molecule has 202 valence electrons. The summed E-state index contributed by atoms with van der Waals surface area (Å²) in [6.45, 7) is 2.09. The van der Waals surface area contributed by atoms with Gasteiger partial charge in [-0.25, -0.2) is 18.6 Å². The Balaban J connectivity index is 1.11. The molecule has 4 heterocycles. The number of hydrogen-bond acceptors (Lipinski definition) is 7. The highest BCUT2D eigenvalue weighted by molar-refractivity contribution is 7.22. The maximum Gasteiger partial charge on any atom is 0.335 e. The Bertz CT molecular complexity index is 1560. The molecule has 1 saturated carbocycles. The highest BCUT2D eigenvalue weighted by atomic mass is 32.1. The van der Waals surface area contributed by atoms with Crippen molar-refractivity contribution in [2.45, 2.75) is 76.2 Å². The predicted octanol–water partition coefficient (Wildman–Crippen LogP) is 6.83. The van der Waals surface area contributed by atoms with E-state index in [4.69, 9.17) is 14.2 Å². The molecule has 2 aliphatic heterocycles. The second-order valence-corrected chi connectivity index (χ2v) is 11.9. The Kier molecular flexibility index (Phi) is 5.93. The van der Waals surface area contributed by atoms with Crippen LogP contribution in [0.2, 0.25) is 0 Å². The number of benzene rings is 2. The van der Waals surface area contributed by atoms with Crippen molar-refractivity contribution >= 4 is 32.7 Å². The highest BCUT2D eigenvalue weighted by Crippen LogP contribution is 2.46. The summed E-state index contributed by atoms with van der Waals surface area (Å²) in [5.41, 5.74) is 2.66. The van der Waals surface area contributed by atoms with E-state index in [0.29, 0.717) is 11.3 Å². The Hall–Kier alpha value is -3.37. The summed E-state index contributed by atoms with van der Waals surface area (Å²) in [6, 6.07) is 7.71. The summed E-state index contributed by atoms with van der Waals surface area (Å²) in [5.74, 6) is -1.37. The Morgan fingerprint density at radius 2 is 1.87 bits per heavy atom. The second kappa shape index (κ2) is 9.38. The van der Waals surface area contributed by atoms with Gasteiger partial charge in [0.15, 0.2) is 5.13 Å². The molecule has 2 aromatic carbocycles. The van der Waals surface area contributed by atoms with Gasteiger partial charge in [0.25, 0.3) is 0 Å². The lowest BCUT2D eigenvalue weighted by Crippen LogP contribution is -2.45. The van der Waals surface area contributed by atoms with Gasteiger partial charge in [0.05, 0.1) is 34.1 Å². The molecule has 1 N–H and O–H groups in total. The Morgan fingerprint density at radius 1 is 1.15 bits per heavy atom. The first-order valence-electron chi connectivity index (χ1n) is 13.3. The van der Waals surface area contributed by atoms with Crippen molar-refractivity contribution in [3.63, 3.8) is 0 Å². The lowest BCUT2D eigenvalue weighted by molar-refractivity contribution is 0.0147. The third kappa shape index (κ3) is 4.30. The number of fused-ring (bicyclic) bond motifs is 3. The zero-order valence-corrected chi connectivity index (χ0v) is 22.1. The first-order valence-corrected chi connectivity index (χ1v) is 14.2. The van der Waals surface area contributed by atoms with E-state index < -0.39 is 17.6 Å². The van der Waals surface area contributed by atoms with Gasteiger partial charge in [-0.15, -0.1) is 0 Å². The smallest absolute Gasteiger partial charge is 0.335 e. The van der Waals surface area contributed by atoms with E-state index in [1.165, 1.54) is 18.2 Å². The van der Waals surface area contributed by atoms with Crippen molar-refractivity contribution < 1.29 is 27.9 Å². The molecule has 0 spiro atoms. The maximum atomic E-state index is 14.6. The van der Waals surface area contributed by atoms with Gasteiger partial charge < -0.3 is 19.3 Å². The minimum atomic E-state index is -0.938. The van der Waals surface area contributed by atoms with Gasteiger partial charge in [-0.3, -0.25) is 0 Å². The average molecular weight is 552 g/mol. The molecule has 7 rings (SSSR count). The lowest BCUT2D eigenvalue weighted by atomic mass is 10.00. The summed E-state index contributed by atoms with van der Waals surface area (Å²) in [5, 5.41) is 14.4. The number of aryl methyl sites for hydroxylation is 1. The average Bonchev–Trinajstić information content (AvgIpc) is 3.42. The molecule has 0 amide bonds. The highest BCUT2D eigenvalue weighted by Gasteiger charge is 2.43. The molecule has 3 fully saturated rings. The first-order chi connectivity index (χ1) is 18.9. The number of anilines is 1. The van der Waals surface area contributed by atoms with Crippen molar-refractivity contribution in [2.24, 2.45) is 0 Å².